The minimum atomic E-state index is -0.594. The topological polar surface area (TPSA) is 75.7 Å². The number of hydrogen-bond donors (Lipinski definition) is 1. The minimum Gasteiger partial charge on any atom is -0.423 e. The first-order chi connectivity index (χ1) is 15.3. The lowest BCUT2D eigenvalue weighted by molar-refractivity contribution is -0.120. The second-order valence-corrected chi connectivity index (χ2v) is 7.76. The van der Waals surface area contributed by atoms with Gasteiger partial charge in [-0.3, -0.25) is 9.59 Å². The van der Waals surface area contributed by atoms with Crippen molar-refractivity contribution in [2.75, 3.05) is 10.2 Å². The molecule has 1 aliphatic heterocycles. The second-order valence-electron chi connectivity index (χ2n) is 7.38. The van der Waals surface area contributed by atoms with E-state index in [1.165, 1.54) is 0 Å². The molecule has 3 aromatic carbocycles. The summed E-state index contributed by atoms with van der Waals surface area (Å²) in [7, 11) is 0. The van der Waals surface area contributed by atoms with Crippen molar-refractivity contribution in [3.63, 3.8) is 0 Å². The summed E-state index contributed by atoms with van der Waals surface area (Å²) in [5.74, 6) is -1.19. The van der Waals surface area contributed by atoms with Gasteiger partial charge in [0, 0.05) is 5.69 Å². The van der Waals surface area contributed by atoms with Gasteiger partial charge < -0.3 is 10.1 Å². The van der Waals surface area contributed by atoms with E-state index in [1.54, 1.807) is 54.6 Å². The Bertz CT molecular complexity index is 1260. The molecule has 1 N–H and O–H groups in total. The van der Waals surface area contributed by atoms with Crippen LogP contribution in [0.1, 0.15) is 21.5 Å². The number of nitrogens with zero attached hydrogens (tertiary/aromatic N) is 1. The van der Waals surface area contributed by atoms with Crippen molar-refractivity contribution < 1.29 is 19.1 Å². The summed E-state index contributed by atoms with van der Waals surface area (Å²) in [6.07, 6.45) is 0. The van der Waals surface area contributed by atoms with E-state index < -0.39 is 17.8 Å². The first kappa shape index (κ1) is 21.3. The third-order valence-electron chi connectivity index (χ3n) is 4.88. The van der Waals surface area contributed by atoms with E-state index in [2.05, 4.69) is 5.32 Å². The molecule has 2 amide bonds. The minimum absolute atomic E-state index is 0.0201. The Morgan fingerprint density at radius 3 is 2.19 bits per heavy atom. The molecule has 0 aliphatic carbocycles. The van der Waals surface area contributed by atoms with Gasteiger partial charge in [-0.15, -0.1) is 0 Å². The highest BCUT2D eigenvalue weighted by atomic mass is 35.5. The van der Waals surface area contributed by atoms with E-state index in [1.807, 2.05) is 32.0 Å². The summed E-state index contributed by atoms with van der Waals surface area (Å²) in [6, 6.07) is 20.6. The molecule has 160 valence electrons. The predicted molar refractivity (Wildman–Crippen MR) is 123 cm³/mol. The van der Waals surface area contributed by atoms with Gasteiger partial charge in [-0.1, -0.05) is 35.9 Å². The summed E-state index contributed by atoms with van der Waals surface area (Å²) in [6.45, 7) is 3.78. The molecule has 4 rings (SSSR count). The van der Waals surface area contributed by atoms with Crippen molar-refractivity contribution in [3.05, 3.63) is 100 Å². The molecule has 1 heterocycles. The van der Waals surface area contributed by atoms with Crippen LogP contribution in [0.2, 0.25) is 0 Å². The summed E-state index contributed by atoms with van der Waals surface area (Å²) in [5, 5.41) is 2.70. The lowest BCUT2D eigenvalue weighted by Gasteiger charge is -2.15. The van der Waals surface area contributed by atoms with Crippen LogP contribution in [0, 0.1) is 13.8 Å². The van der Waals surface area contributed by atoms with Crippen LogP contribution in [-0.4, -0.2) is 17.8 Å². The molecule has 0 spiro atoms. The average molecular weight is 447 g/mol. The Labute approximate surface area is 190 Å². The number of amides is 2. The Hall–Kier alpha value is -3.90. The first-order valence-electron chi connectivity index (χ1n) is 9.84. The third-order valence-corrected chi connectivity index (χ3v) is 5.23. The molecular weight excluding hydrogens is 428 g/mol. The molecule has 0 fully saturated rings. The summed E-state index contributed by atoms with van der Waals surface area (Å²) >= 11 is 6.17. The van der Waals surface area contributed by atoms with Gasteiger partial charge in [0.15, 0.2) is 0 Å². The van der Waals surface area contributed by atoms with E-state index in [-0.39, 0.29) is 10.7 Å². The highest BCUT2D eigenvalue weighted by molar-refractivity contribution is 6.53. The lowest BCUT2D eigenvalue weighted by Crippen LogP contribution is -2.32. The van der Waals surface area contributed by atoms with Crippen molar-refractivity contribution in [2.24, 2.45) is 0 Å². The van der Waals surface area contributed by atoms with Crippen LogP contribution in [0.4, 0.5) is 11.4 Å². The van der Waals surface area contributed by atoms with Crippen LogP contribution in [0.25, 0.3) is 0 Å². The van der Waals surface area contributed by atoms with E-state index in [0.717, 1.165) is 16.0 Å². The van der Waals surface area contributed by atoms with Crippen molar-refractivity contribution in [1.82, 2.24) is 0 Å². The maximum absolute atomic E-state index is 12.9. The van der Waals surface area contributed by atoms with Gasteiger partial charge in [-0.2, -0.15) is 0 Å². The van der Waals surface area contributed by atoms with Gasteiger partial charge in [0.2, 0.25) is 0 Å². The predicted octanol–water partition coefficient (Wildman–Crippen LogP) is 4.96. The Balaban J connectivity index is 1.49. The number of halogens is 1. The molecular formula is C25H19ClN2O4. The van der Waals surface area contributed by atoms with Crippen molar-refractivity contribution >= 4 is 40.8 Å². The number of benzene rings is 3. The molecule has 0 bridgehead atoms. The van der Waals surface area contributed by atoms with Gasteiger partial charge in [0.05, 0.1) is 11.3 Å². The molecule has 0 saturated heterocycles. The Morgan fingerprint density at radius 2 is 1.53 bits per heavy atom. The highest BCUT2D eigenvalue weighted by Gasteiger charge is 2.38. The zero-order chi connectivity index (χ0) is 22.8. The molecule has 0 aromatic heterocycles. The number of esters is 1. The normalized spacial score (nSPS) is 13.5. The zero-order valence-corrected chi connectivity index (χ0v) is 18.1. The molecule has 0 atom stereocenters. The van der Waals surface area contributed by atoms with Gasteiger partial charge in [-0.05, 0) is 73.5 Å². The first-order valence-corrected chi connectivity index (χ1v) is 10.2. The van der Waals surface area contributed by atoms with Crippen LogP contribution in [0.3, 0.4) is 0 Å². The van der Waals surface area contributed by atoms with Crippen LogP contribution in [0.5, 0.6) is 5.75 Å². The number of aryl methyl sites for hydroxylation is 2. The maximum Gasteiger partial charge on any atom is 0.343 e. The van der Waals surface area contributed by atoms with Crippen LogP contribution in [0.15, 0.2) is 83.5 Å². The van der Waals surface area contributed by atoms with Crippen LogP contribution >= 0.6 is 11.6 Å². The largest absolute Gasteiger partial charge is 0.423 e. The molecule has 7 heteroatoms. The number of rotatable bonds is 5. The SMILES string of the molecule is Cc1cccc(OC(=O)c2ccc(NC3=C(Cl)C(=O)N(c4cccc(C)c4)C3=O)cc2)c1. The van der Waals surface area contributed by atoms with Crippen LogP contribution < -0.4 is 15.0 Å². The van der Waals surface area contributed by atoms with E-state index in [4.69, 9.17) is 16.3 Å². The summed E-state index contributed by atoms with van der Waals surface area (Å²) in [5.41, 5.74) is 3.16. The van der Waals surface area contributed by atoms with Crippen molar-refractivity contribution in [1.29, 1.82) is 0 Å². The second kappa shape index (κ2) is 8.69. The van der Waals surface area contributed by atoms with Gasteiger partial charge in [0.25, 0.3) is 11.8 Å². The smallest absolute Gasteiger partial charge is 0.343 e. The summed E-state index contributed by atoms with van der Waals surface area (Å²) in [4.78, 5) is 38.9. The molecule has 0 unspecified atom stereocenters. The van der Waals surface area contributed by atoms with Crippen molar-refractivity contribution in [2.45, 2.75) is 13.8 Å². The number of nitrogens with one attached hydrogen (secondary N) is 1. The van der Waals surface area contributed by atoms with Crippen LogP contribution in [-0.2, 0) is 9.59 Å². The van der Waals surface area contributed by atoms with Gasteiger partial charge in [0.1, 0.15) is 16.5 Å². The van der Waals surface area contributed by atoms with E-state index in [9.17, 15) is 14.4 Å². The number of imide groups is 1. The Morgan fingerprint density at radius 1 is 0.875 bits per heavy atom. The lowest BCUT2D eigenvalue weighted by atomic mass is 10.2. The molecule has 0 saturated carbocycles. The fourth-order valence-electron chi connectivity index (χ4n) is 3.29. The number of anilines is 2. The summed E-state index contributed by atoms with van der Waals surface area (Å²) < 4.78 is 5.38. The number of ether oxygens (including phenoxy) is 1. The zero-order valence-electron chi connectivity index (χ0n) is 17.4. The molecule has 1 aliphatic rings. The fourth-order valence-corrected chi connectivity index (χ4v) is 3.50. The standard InChI is InChI=1S/C25H19ClN2O4/c1-15-5-3-7-19(13-15)28-23(29)21(26)22(24(28)30)27-18-11-9-17(10-12-18)25(31)32-20-8-4-6-16(2)14-20/h3-14,27H,1-2H3. The van der Waals surface area contributed by atoms with Crippen molar-refractivity contribution in [3.8, 4) is 5.75 Å². The number of carbonyl (C=O) groups is 3. The number of carbonyl (C=O) groups excluding carboxylic acids is 3. The average Bonchev–Trinajstić information content (AvgIpc) is 2.97. The third kappa shape index (κ3) is 4.26. The molecule has 0 radical (unpaired) electrons. The molecule has 6 nitrogen and oxygen atoms in total. The van der Waals surface area contributed by atoms with Gasteiger partial charge >= 0.3 is 5.97 Å². The monoisotopic (exact) mass is 446 g/mol. The molecule has 3 aromatic rings. The maximum atomic E-state index is 12.9. The fraction of sp³-hybridized carbons (Fsp3) is 0.0800. The van der Waals surface area contributed by atoms with Gasteiger partial charge in [-0.25, -0.2) is 9.69 Å². The van der Waals surface area contributed by atoms with E-state index in [0.29, 0.717) is 22.7 Å². The highest BCUT2D eigenvalue weighted by Crippen LogP contribution is 2.30. The number of hydrogen-bond acceptors (Lipinski definition) is 5. The van der Waals surface area contributed by atoms with E-state index >= 15 is 0 Å². The molecule has 32 heavy (non-hydrogen) atoms. The Kier molecular flexibility index (Phi) is 5.79. The quantitative estimate of drug-likeness (QED) is 0.340.